The van der Waals surface area contributed by atoms with Gasteiger partial charge in [0.15, 0.2) is 11.6 Å². The molecular weight excluding hydrogens is 192 g/mol. The van der Waals surface area contributed by atoms with Crippen LogP contribution in [0.25, 0.3) is 0 Å². The van der Waals surface area contributed by atoms with Gasteiger partial charge in [0, 0.05) is 12.7 Å². The molecule has 1 aromatic rings. The third-order valence-electron chi connectivity index (χ3n) is 2.39. The molecule has 0 aromatic carbocycles. The topological polar surface area (TPSA) is 54.4 Å². The van der Waals surface area contributed by atoms with E-state index in [0.717, 1.165) is 0 Å². The Morgan fingerprint density at radius 1 is 1.60 bits per heavy atom. The summed E-state index contributed by atoms with van der Waals surface area (Å²) in [4.78, 5) is 4.14. The Morgan fingerprint density at radius 2 is 2.33 bits per heavy atom. The van der Waals surface area contributed by atoms with E-state index in [1.807, 2.05) is 19.1 Å². The summed E-state index contributed by atoms with van der Waals surface area (Å²) in [5, 5.41) is 12.9. The summed E-state index contributed by atoms with van der Waals surface area (Å²) < 4.78 is 5.14. The summed E-state index contributed by atoms with van der Waals surface area (Å²) in [6, 6.07) is 3.64. The van der Waals surface area contributed by atoms with E-state index in [1.54, 1.807) is 20.2 Å². The molecule has 0 fully saturated rings. The Morgan fingerprint density at radius 3 is 2.93 bits per heavy atom. The van der Waals surface area contributed by atoms with Gasteiger partial charge >= 0.3 is 0 Å². The number of rotatable bonds is 5. The van der Waals surface area contributed by atoms with Crippen LogP contribution in [-0.4, -0.2) is 29.3 Å². The van der Waals surface area contributed by atoms with Crippen LogP contribution in [0.1, 0.15) is 20.3 Å². The largest absolute Gasteiger partial charge is 0.493 e. The van der Waals surface area contributed by atoms with E-state index in [-0.39, 0.29) is 0 Å². The quantitative estimate of drug-likeness (QED) is 0.776. The second-order valence-corrected chi connectivity index (χ2v) is 3.76. The van der Waals surface area contributed by atoms with Crippen LogP contribution in [0, 0.1) is 0 Å². The van der Waals surface area contributed by atoms with Gasteiger partial charge in [0.05, 0.1) is 12.7 Å². The lowest BCUT2D eigenvalue weighted by molar-refractivity contribution is 0.0696. The van der Waals surface area contributed by atoms with E-state index in [9.17, 15) is 5.11 Å². The number of anilines is 1. The van der Waals surface area contributed by atoms with Gasteiger partial charge in [0.2, 0.25) is 0 Å². The van der Waals surface area contributed by atoms with Crippen molar-refractivity contribution in [3.63, 3.8) is 0 Å². The smallest absolute Gasteiger partial charge is 0.168 e. The minimum atomic E-state index is -0.720. The van der Waals surface area contributed by atoms with Gasteiger partial charge in [0.25, 0.3) is 0 Å². The van der Waals surface area contributed by atoms with Crippen LogP contribution in [-0.2, 0) is 0 Å². The molecule has 0 aliphatic carbocycles. The average molecular weight is 210 g/mol. The van der Waals surface area contributed by atoms with Crippen molar-refractivity contribution in [2.75, 3.05) is 19.0 Å². The zero-order chi connectivity index (χ0) is 11.3. The molecule has 1 atom stereocenters. The normalized spacial score (nSPS) is 14.4. The van der Waals surface area contributed by atoms with Gasteiger partial charge in [0.1, 0.15) is 0 Å². The van der Waals surface area contributed by atoms with Crippen LogP contribution in [0.3, 0.4) is 0 Å². The molecule has 15 heavy (non-hydrogen) atoms. The SMILES string of the molecule is CCC(C)(O)CNc1ncccc1OC. The number of hydrogen-bond donors (Lipinski definition) is 2. The minimum absolute atomic E-state index is 0.455. The van der Waals surface area contributed by atoms with Crippen molar-refractivity contribution >= 4 is 5.82 Å². The van der Waals surface area contributed by atoms with E-state index in [1.165, 1.54) is 0 Å². The number of methoxy groups -OCH3 is 1. The maximum atomic E-state index is 9.82. The maximum absolute atomic E-state index is 9.82. The molecule has 0 saturated carbocycles. The lowest BCUT2D eigenvalue weighted by atomic mass is 10.0. The summed E-state index contributed by atoms with van der Waals surface area (Å²) in [5.41, 5.74) is -0.720. The van der Waals surface area contributed by atoms with Crippen molar-refractivity contribution in [1.29, 1.82) is 0 Å². The summed E-state index contributed by atoms with van der Waals surface area (Å²) in [7, 11) is 1.60. The van der Waals surface area contributed by atoms with Gasteiger partial charge in [-0.2, -0.15) is 0 Å². The Balaban J connectivity index is 2.65. The second-order valence-electron chi connectivity index (χ2n) is 3.76. The molecule has 0 aliphatic rings. The van der Waals surface area contributed by atoms with Crippen molar-refractivity contribution in [2.24, 2.45) is 0 Å². The monoisotopic (exact) mass is 210 g/mol. The lowest BCUT2D eigenvalue weighted by Crippen LogP contribution is -2.32. The van der Waals surface area contributed by atoms with Gasteiger partial charge in [-0.05, 0) is 25.5 Å². The van der Waals surface area contributed by atoms with Crippen molar-refractivity contribution in [1.82, 2.24) is 4.98 Å². The number of pyridine rings is 1. The van der Waals surface area contributed by atoms with E-state index in [4.69, 9.17) is 4.74 Å². The molecule has 0 radical (unpaired) electrons. The Bertz CT molecular complexity index is 313. The van der Waals surface area contributed by atoms with Crippen LogP contribution in [0.15, 0.2) is 18.3 Å². The van der Waals surface area contributed by atoms with Gasteiger partial charge in [-0.25, -0.2) is 4.98 Å². The molecule has 4 nitrogen and oxygen atoms in total. The fourth-order valence-electron chi connectivity index (χ4n) is 1.09. The standard InChI is InChI=1S/C11H18N2O2/c1-4-11(2,14)8-13-10-9(15-3)6-5-7-12-10/h5-7,14H,4,8H2,1-3H3,(H,12,13). The Hall–Kier alpha value is -1.29. The maximum Gasteiger partial charge on any atom is 0.168 e. The predicted molar refractivity (Wildman–Crippen MR) is 60.2 cm³/mol. The van der Waals surface area contributed by atoms with Gasteiger partial charge in [-0.3, -0.25) is 0 Å². The molecule has 84 valence electrons. The molecule has 1 rings (SSSR count). The highest BCUT2D eigenvalue weighted by Gasteiger charge is 2.17. The predicted octanol–water partition coefficient (Wildman–Crippen LogP) is 1.66. The molecule has 0 amide bonds. The first-order valence-corrected chi connectivity index (χ1v) is 5.04. The number of ether oxygens (including phenoxy) is 1. The summed E-state index contributed by atoms with van der Waals surface area (Å²) in [6.07, 6.45) is 2.38. The van der Waals surface area contributed by atoms with Crippen LogP contribution in [0.4, 0.5) is 5.82 Å². The van der Waals surface area contributed by atoms with Gasteiger partial charge < -0.3 is 15.2 Å². The second kappa shape index (κ2) is 4.98. The van der Waals surface area contributed by atoms with Crippen molar-refractivity contribution < 1.29 is 9.84 Å². The highest BCUT2D eigenvalue weighted by molar-refractivity contribution is 5.49. The molecule has 1 aromatic heterocycles. The van der Waals surface area contributed by atoms with Crippen molar-refractivity contribution in [2.45, 2.75) is 25.9 Å². The van der Waals surface area contributed by atoms with Gasteiger partial charge in [-0.15, -0.1) is 0 Å². The Labute approximate surface area is 90.3 Å². The van der Waals surface area contributed by atoms with Crippen LogP contribution in [0.5, 0.6) is 5.75 Å². The van der Waals surface area contributed by atoms with E-state index < -0.39 is 5.60 Å². The van der Waals surface area contributed by atoms with Crippen LogP contribution < -0.4 is 10.1 Å². The number of aliphatic hydroxyl groups is 1. The number of hydrogen-bond acceptors (Lipinski definition) is 4. The van der Waals surface area contributed by atoms with E-state index >= 15 is 0 Å². The van der Waals surface area contributed by atoms with Gasteiger partial charge in [-0.1, -0.05) is 6.92 Å². The zero-order valence-corrected chi connectivity index (χ0v) is 9.45. The lowest BCUT2D eigenvalue weighted by Gasteiger charge is -2.22. The molecule has 0 saturated heterocycles. The third kappa shape index (κ3) is 3.40. The number of nitrogens with one attached hydrogen (secondary N) is 1. The first kappa shape index (κ1) is 11.8. The van der Waals surface area contributed by atoms with Crippen molar-refractivity contribution in [3.05, 3.63) is 18.3 Å². The third-order valence-corrected chi connectivity index (χ3v) is 2.39. The number of aromatic nitrogens is 1. The summed E-state index contributed by atoms with van der Waals surface area (Å²) in [5.74, 6) is 1.35. The summed E-state index contributed by atoms with van der Waals surface area (Å²) in [6.45, 7) is 4.18. The molecule has 1 heterocycles. The fourth-order valence-corrected chi connectivity index (χ4v) is 1.09. The highest BCUT2D eigenvalue weighted by Crippen LogP contribution is 2.21. The molecule has 2 N–H and O–H groups in total. The zero-order valence-electron chi connectivity index (χ0n) is 9.45. The fraction of sp³-hybridized carbons (Fsp3) is 0.545. The van der Waals surface area contributed by atoms with Crippen LogP contribution in [0.2, 0.25) is 0 Å². The Kier molecular flexibility index (Phi) is 3.91. The molecule has 0 spiro atoms. The summed E-state index contributed by atoms with van der Waals surface area (Å²) >= 11 is 0. The molecule has 0 bridgehead atoms. The first-order chi connectivity index (χ1) is 7.09. The van der Waals surface area contributed by atoms with Crippen LogP contribution >= 0.6 is 0 Å². The molecule has 0 aliphatic heterocycles. The molecule has 1 unspecified atom stereocenters. The number of nitrogens with zero attached hydrogens (tertiary/aromatic N) is 1. The van der Waals surface area contributed by atoms with E-state index in [0.29, 0.717) is 24.5 Å². The first-order valence-electron chi connectivity index (χ1n) is 5.04. The highest BCUT2D eigenvalue weighted by atomic mass is 16.5. The van der Waals surface area contributed by atoms with Crippen molar-refractivity contribution in [3.8, 4) is 5.75 Å². The average Bonchev–Trinajstić information content (AvgIpc) is 2.27. The van der Waals surface area contributed by atoms with E-state index in [2.05, 4.69) is 10.3 Å². The molecule has 4 heteroatoms. The minimum Gasteiger partial charge on any atom is -0.493 e. The molecular formula is C11H18N2O2.